The third-order valence-electron chi connectivity index (χ3n) is 5.72. The van der Waals surface area contributed by atoms with Gasteiger partial charge in [0.2, 0.25) is 11.8 Å². The summed E-state index contributed by atoms with van der Waals surface area (Å²) in [6, 6.07) is 3.98. The van der Waals surface area contributed by atoms with Crippen LogP contribution >= 0.6 is 0 Å². The number of carbonyl (C=O) groups is 4. The van der Waals surface area contributed by atoms with Crippen LogP contribution in [0.15, 0.2) is 18.2 Å². The van der Waals surface area contributed by atoms with Gasteiger partial charge in [0.1, 0.15) is 0 Å². The van der Waals surface area contributed by atoms with E-state index < -0.39 is 35.4 Å². The van der Waals surface area contributed by atoms with Crippen LogP contribution in [0.3, 0.4) is 0 Å². The first-order chi connectivity index (χ1) is 12.7. The van der Waals surface area contributed by atoms with Crippen LogP contribution < -0.4 is 15.5 Å². The van der Waals surface area contributed by atoms with Crippen molar-refractivity contribution >= 4 is 29.3 Å². The van der Waals surface area contributed by atoms with Gasteiger partial charge in [0.15, 0.2) is 11.2 Å². The summed E-state index contributed by atoms with van der Waals surface area (Å²) in [5, 5.41) is 4.49. The molecule has 2 fully saturated rings. The number of urea groups is 1. The number of hydrogen-bond donors (Lipinski definition) is 2. The van der Waals surface area contributed by atoms with E-state index in [4.69, 9.17) is 4.74 Å². The molecule has 0 bridgehead atoms. The lowest BCUT2D eigenvalue weighted by atomic mass is 9.66. The lowest BCUT2D eigenvalue weighted by Gasteiger charge is -2.55. The van der Waals surface area contributed by atoms with Gasteiger partial charge in [-0.25, -0.2) is 4.79 Å². The van der Waals surface area contributed by atoms with Crippen LogP contribution in [0.1, 0.15) is 36.7 Å². The Morgan fingerprint density at radius 1 is 1.19 bits per heavy atom. The third kappa shape index (κ3) is 2.47. The number of rotatable bonds is 1. The second-order valence-corrected chi connectivity index (χ2v) is 7.53. The molecule has 0 aromatic heterocycles. The fraction of sp³-hybridized carbons (Fsp3) is 0.474. The number of fused-ring (bicyclic) bond motifs is 4. The number of nitrogens with zero attached hydrogens (tertiary/aromatic N) is 1. The van der Waals surface area contributed by atoms with E-state index in [1.54, 1.807) is 12.1 Å². The van der Waals surface area contributed by atoms with Gasteiger partial charge in [-0.2, -0.15) is 0 Å². The number of Topliss-reactive ketones (excluding diaryl/α,β-unsaturated/α-hetero) is 1. The molecule has 1 spiro atoms. The van der Waals surface area contributed by atoms with E-state index in [0.29, 0.717) is 12.1 Å². The second kappa shape index (κ2) is 5.88. The summed E-state index contributed by atoms with van der Waals surface area (Å²) < 4.78 is 5.94. The summed E-state index contributed by atoms with van der Waals surface area (Å²) in [4.78, 5) is 51.4. The molecule has 8 nitrogen and oxygen atoms in total. The van der Waals surface area contributed by atoms with Crippen LogP contribution in [0.5, 0.6) is 0 Å². The summed E-state index contributed by atoms with van der Waals surface area (Å²) in [6.07, 6.45) is -0.403. The van der Waals surface area contributed by atoms with Gasteiger partial charge in [-0.3, -0.25) is 25.0 Å². The quantitative estimate of drug-likeness (QED) is 0.558. The summed E-state index contributed by atoms with van der Waals surface area (Å²) in [6.45, 7) is 5.74. The first-order valence-electron chi connectivity index (χ1n) is 8.97. The number of anilines is 1. The largest absolute Gasteiger partial charge is 0.372 e. The maximum Gasteiger partial charge on any atom is 0.328 e. The van der Waals surface area contributed by atoms with E-state index in [9.17, 15) is 19.2 Å². The number of carbonyl (C=O) groups excluding carboxylic acids is 4. The molecule has 4 amide bonds. The highest BCUT2D eigenvalue weighted by Crippen LogP contribution is 2.46. The van der Waals surface area contributed by atoms with Gasteiger partial charge < -0.3 is 9.64 Å². The van der Waals surface area contributed by atoms with Crippen molar-refractivity contribution in [1.29, 1.82) is 0 Å². The summed E-state index contributed by atoms with van der Waals surface area (Å²) in [5.74, 6) is -1.35. The van der Waals surface area contributed by atoms with Gasteiger partial charge >= 0.3 is 6.03 Å². The lowest BCUT2D eigenvalue weighted by Crippen LogP contribution is -2.75. The Bertz CT molecular complexity index is 860. The number of hydrogen-bond acceptors (Lipinski definition) is 6. The highest BCUT2D eigenvalue weighted by atomic mass is 16.5. The van der Waals surface area contributed by atoms with Crippen molar-refractivity contribution < 1.29 is 23.9 Å². The summed E-state index contributed by atoms with van der Waals surface area (Å²) in [7, 11) is 0. The zero-order chi connectivity index (χ0) is 19.5. The second-order valence-electron chi connectivity index (χ2n) is 7.53. The molecule has 1 aromatic carbocycles. The molecule has 0 aliphatic carbocycles. The highest BCUT2D eigenvalue weighted by Gasteiger charge is 2.62. The maximum absolute atomic E-state index is 13.0. The minimum Gasteiger partial charge on any atom is -0.372 e. The molecule has 3 aliphatic rings. The first-order valence-corrected chi connectivity index (χ1v) is 8.97. The van der Waals surface area contributed by atoms with Crippen molar-refractivity contribution in [2.75, 3.05) is 11.4 Å². The summed E-state index contributed by atoms with van der Waals surface area (Å²) >= 11 is 0. The van der Waals surface area contributed by atoms with E-state index in [1.807, 2.05) is 24.8 Å². The molecule has 1 aromatic rings. The van der Waals surface area contributed by atoms with Gasteiger partial charge in [0.05, 0.1) is 18.2 Å². The van der Waals surface area contributed by atoms with E-state index in [1.165, 1.54) is 6.92 Å². The van der Waals surface area contributed by atoms with Crippen molar-refractivity contribution in [3.05, 3.63) is 29.3 Å². The van der Waals surface area contributed by atoms with Gasteiger partial charge in [-0.1, -0.05) is 0 Å². The Labute approximate surface area is 156 Å². The highest BCUT2D eigenvalue weighted by molar-refractivity contribution is 6.20. The summed E-state index contributed by atoms with van der Waals surface area (Å²) in [5.41, 5.74) is 0.634. The SMILES string of the molecule is CC(=O)c1ccc2c(c1)CC1(C(=O)NC(=O)NC1=O)[C@@H]1[C@@H](C)O[C@@H](C)CN21. The van der Waals surface area contributed by atoms with E-state index >= 15 is 0 Å². The molecule has 27 heavy (non-hydrogen) atoms. The maximum atomic E-state index is 13.0. The standard InChI is InChI=1S/C19H21N3O5/c1-9-8-22-14-5-4-12(10(2)23)6-13(14)7-19(15(22)11(3)27-9)16(24)20-18(26)21-17(19)25/h4-6,9,11,15H,7-8H2,1-3H3,(H2,20,21,24,25,26)/t9-,11+,15-/m0/s1. The molecule has 0 unspecified atom stereocenters. The van der Waals surface area contributed by atoms with Crippen LogP contribution in [-0.4, -0.2) is 48.4 Å². The van der Waals surface area contributed by atoms with Gasteiger partial charge in [0.25, 0.3) is 0 Å². The number of ether oxygens (including phenoxy) is 1. The number of imide groups is 2. The zero-order valence-electron chi connectivity index (χ0n) is 15.4. The van der Waals surface area contributed by atoms with Crippen LogP contribution in [0.4, 0.5) is 10.5 Å². The van der Waals surface area contributed by atoms with Crippen molar-refractivity contribution in [2.45, 2.75) is 45.4 Å². The molecular weight excluding hydrogens is 350 g/mol. The average molecular weight is 371 g/mol. The number of barbiturate groups is 1. The third-order valence-corrected chi connectivity index (χ3v) is 5.72. The lowest BCUT2D eigenvalue weighted by molar-refractivity contribution is -0.153. The molecule has 8 heteroatoms. The Hall–Kier alpha value is -2.74. The fourth-order valence-electron chi connectivity index (χ4n) is 4.67. The molecule has 0 saturated carbocycles. The van der Waals surface area contributed by atoms with Crippen molar-refractivity contribution in [1.82, 2.24) is 10.6 Å². The molecule has 3 aliphatic heterocycles. The average Bonchev–Trinajstić information content (AvgIpc) is 2.58. The van der Waals surface area contributed by atoms with E-state index in [2.05, 4.69) is 10.6 Å². The first kappa shape index (κ1) is 17.7. The molecule has 2 saturated heterocycles. The number of benzene rings is 1. The van der Waals surface area contributed by atoms with Gasteiger partial charge in [0, 0.05) is 17.8 Å². The van der Waals surface area contributed by atoms with Crippen LogP contribution in [-0.2, 0) is 20.7 Å². The van der Waals surface area contributed by atoms with Crippen molar-refractivity contribution in [3.8, 4) is 0 Å². The predicted molar refractivity (Wildman–Crippen MR) is 95.4 cm³/mol. The molecule has 0 radical (unpaired) electrons. The molecule has 4 rings (SSSR count). The molecule has 3 atom stereocenters. The van der Waals surface area contributed by atoms with Gasteiger partial charge in [-0.15, -0.1) is 0 Å². The smallest absolute Gasteiger partial charge is 0.328 e. The Balaban J connectivity index is 1.92. The van der Waals surface area contributed by atoms with Crippen LogP contribution in [0.2, 0.25) is 0 Å². The van der Waals surface area contributed by atoms with Crippen LogP contribution in [0.25, 0.3) is 0 Å². The van der Waals surface area contributed by atoms with E-state index in [0.717, 1.165) is 11.3 Å². The number of amides is 4. The monoisotopic (exact) mass is 371 g/mol. The molecule has 3 heterocycles. The zero-order valence-corrected chi connectivity index (χ0v) is 15.4. The minimum atomic E-state index is -1.50. The van der Waals surface area contributed by atoms with Crippen LogP contribution in [0, 0.1) is 5.41 Å². The van der Waals surface area contributed by atoms with Crippen molar-refractivity contribution in [3.63, 3.8) is 0 Å². The fourth-order valence-corrected chi connectivity index (χ4v) is 4.67. The number of ketones is 1. The van der Waals surface area contributed by atoms with Crippen molar-refractivity contribution in [2.24, 2.45) is 5.41 Å². The predicted octanol–water partition coefficient (Wildman–Crippen LogP) is 0.780. The molecule has 2 N–H and O–H groups in total. The van der Waals surface area contributed by atoms with E-state index in [-0.39, 0.29) is 18.3 Å². The normalized spacial score (nSPS) is 28.9. The minimum absolute atomic E-state index is 0.0922. The van der Waals surface area contributed by atoms with Gasteiger partial charge in [-0.05, 0) is 51.0 Å². The topological polar surface area (TPSA) is 105 Å². The number of nitrogens with one attached hydrogen (secondary N) is 2. The molecular formula is C19H21N3O5. The Morgan fingerprint density at radius 3 is 2.48 bits per heavy atom. The number of morpholine rings is 1. The molecule has 142 valence electrons. The Kier molecular flexibility index (Phi) is 3.85. The Morgan fingerprint density at radius 2 is 1.85 bits per heavy atom.